The summed E-state index contributed by atoms with van der Waals surface area (Å²) < 4.78 is 0. The molecule has 3 nitrogen and oxygen atoms in total. The predicted octanol–water partition coefficient (Wildman–Crippen LogP) is 1.55. The van der Waals surface area contributed by atoms with Crippen LogP contribution in [-0.4, -0.2) is 24.6 Å². The minimum absolute atomic E-state index is 0.868. The second-order valence-electron chi connectivity index (χ2n) is 3.41. The van der Waals surface area contributed by atoms with Gasteiger partial charge in [-0.1, -0.05) is 0 Å². The maximum Gasteiger partial charge on any atom is 0.182 e. The minimum atomic E-state index is 0.868. The fraction of sp³-hybridized carbons (Fsp3) is 0.667. The van der Waals surface area contributed by atoms with Crippen LogP contribution in [-0.2, 0) is 0 Å². The zero-order valence-corrected chi connectivity index (χ0v) is 8.44. The Morgan fingerprint density at radius 2 is 2.69 bits per heavy atom. The molecule has 1 atom stereocenters. The molecule has 2 rings (SSSR count). The van der Waals surface area contributed by atoms with E-state index in [0.29, 0.717) is 0 Å². The maximum absolute atomic E-state index is 4.17. The van der Waals surface area contributed by atoms with Crippen LogP contribution in [0.4, 0.5) is 5.13 Å². The fourth-order valence-corrected chi connectivity index (χ4v) is 2.21. The van der Waals surface area contributed by atoms with Gasteiger partial charge >= 0.3 is 0 Å². The van der Waals surface area contributed by atoms with Gasteiger partial charge in [0.15, 0.2) is 5.13 Å². The first-order valence-electron chi connectivity index (χ1n) is 4.79. The van der Waals surface area contributed by atoms with Crippen LogP contribution >= 0.6 is 11.3 Å². The summed E-state index contributed by atoms with van der Waals surface area (Å²) in [6.45, 7) is 3.45. The summed E-state index contributed by atoms with van der Waals surface area (Å²) in [6.07, 6.45) is 4.43. The molecule has 1 aliphatic heterocycles. The van der Waals surface area contributed by atoms with Crippen molar-refractivity contribution in [2.24, 2.45) is 5.92 Å². The third kappa shape index (κ3) is 2.67. The van der Waals surface area contributed by atoms with Gasteiger partial charge < -0.3 is 10.6 Å². The molecule has 2 heterocycles. The van der Waals surface area contributed by atoms with E-state index in [1.807, 2.05) is 11.6 Å². The van der Waals surface area contributed by atoms with Crippen LogP contribution in [0.1, 0.15) is 12.8 Å². The Morgan fingerprint density at radius 3 is 3.38 bits per heavy atom. The van der Waals surface area contributed by atoms with E-state index in [-0.39, 0.29) is 0 Å². The fourth-order valence-electron chi connectivity index (χ4n) is 1.65. The SMILES string of the molecule is c1csc(NCCC2CCNC2)n1. The summed E-state index contributed by atoms with van der Waals surface area (Å²) >= 11 is 1.67. The minimum Gasteiger partial charge on any atom is -0.362 e. The van der Waals surface area contributed by atoms with Gasteiger partial charge in [-0.2, -0.15) is 0 Å². The summed E-state index contributed by atoms with van der Waals surface area (Å²) in [4.78, 5) is 4.17. The third-order valence-corrected chi connectivity index (χ3v) is 3.15. The van der Waals surface area contributed by atoms with E-state index in [9.17, 15) is 0 Å². The van der Waals surface area contributed by atoms with Gasteiger partial charge in [0.1, 0.15) is 0 Å². The van der Waals surface area contributed by atoms with Gasteiger partial charge in [-0.15, -0.1) is 11.3 Å². The number of anilines is 1. The Balaban J connectivity index is 1.63. The molecule has 0 amide bonds. The van der Waals surface area contributed by atoms with E-state index in [4.69, 9.17) is 0 Å². The van der Waals surface area contributed by atoms with Crippen LogP contribution in [0, 0.1) is 5.92 Å². The maximum atomic E-state index is 4.17. The number of hydrogen-bond donors (Lipinski definition) is 2. The zero-order chi connectivity index (χ0) is 8.93. The van der Waals surface area contributed by atoms with E-state index < -0.39 is 0 Å². The highest BCUT2D eigenvalue weighted by atomic mass is 32.1. The number of thiazole rings is 1. The molecule has 2 N–H and O–H groups in total. The number of nitrogens with one attached hydrogen (secondary N) is 2. The van der Waals surface area contributed by atoms with E-state index >= 15 is 0 Å². The molecule has 0 bridgehead atoms. The molecule has 1 unspecified atom stereocenters. The molecule has 0 spiro atoms. The van der Waals surface area contributed by atoms with Crippen LogP contribution < -0.4 is 10.6 Å². The molecular weight excluding hydrogens is 182 g/mol. The van der Waals surface area contributed by atoms with Gasteiger partial charge in [-0.05, 0) is 31.8 Å². The first kappa shape index (κ1) is 8.97. The Hall–Kier alpha value is -0.610. The number of rotatable bonds is 4. The highest BCUT2D eigenvalue weighted by Gasteiger charge is 2.13. The van der Waals surface area contributed by atoms with Crippen molar-refractivity contribution < 1.29 is 0 Å². The first-order valence-corrected chi connectivity index (χ1v) is 5.67. The molecule has 0 radical (unpaired) electrons. The van der Waals surface area contributed by atoms with E-state index in [0.717, 1.165) is 17.6 Å². The lowest BCUT2D eigenvalue weighted by molar-refractivity contribution is 0.549. The monoisotopic (exact) mass is 197 g/mol. The van der Waals surface area contributed by atoms with Crippen molar-refractivity contribution in [3.05, 3.63) is 11.6 Å². The van der Waals surface area contributed by atoms with E-state index in [1.165, 1.54) is 25.9 Å². The van der Waals surface area contributed by atoms with Gasteiger partial charge in [-0.25, -0.2) is 4.98 Å². The van der Waals surface area contributed by atoms with E-state index in [2.05, 4.69) is 15.6 Å². The lowest BCUT2D eigenvalue weighted by Crippen LogP contribution is -2.12. The molecule has 1 aromatic rings. The molecule has 72 valence electrons. The van der Waals surface area contributed by atoms with Crippen molar-refractivity contribution in [3.63, 3.8) is 0 Å². The molecule has 0 aliphatic carbocycles. The molecule has 1 aliphatic rings. The van der Waals surface area contributed by atoms with Crippen molar-refractivity contribution >= 4 is 16.5 Å². The Morgan fingerprint density at radius 1 is 1.69 bits per heavy atom. The van der Waals surface area contributed by atoms with Gasteiger partial charge in [0.25, 0.3) is 0 Å². The molecule has 0 saturated carbocycles. The second kappa shape index (κ2) is 4.58. The highest BCUT2D eigenvalue weighted by Crippen LogP contribution is 2.14. The van der Waals surface area contributed by atoms with Gasteiger partial charge in [0.2, 0.25) is 0 Å². The molecule has 1 fully saturated rings. The molecular formula is C9H15N3S. The first-order chi connectivity index (χ1) is 6.45. The predicted molar refractivity (Wildman–Crippen MR) is 56.2 cm³/mol. The van der Waals surface area contributed by atoms with Crippen LogP contribution in [0.3, 0.4) is 0 Å². The van der Waals surface area contributed by atoms with Crippen LogP contribution in [0.25, 0.3) is 0 Å². The molecule has 13 heavy (non-hydrogen) atoms. The largest absolute Gasteiger partial charge is 0.362 e. The summed E-state index contributed by atoms with van der Waals surface area (Å²) in [5.74, 6) is 0.868. The standard InChI is InChI=1S/C9H15N3S/c1-3-10-7-8(1)2-4-11-9-12-5-6-13-9/h5-6,8,10H,1-4,7H2,(H,11,12). The van der Waals surface area contributed by atoms with Crippen molar-refractivity contribution in [1.82, 2.24) is 10.3 Å². The Kier molecular flexibility index (Phi) is 3.16. The van der Waals surface area contributed by atoms with Gasteiger partial charge in [-0.3, -0.25) is 0 Å². The van der Waals surface area contributed by atoms with Crippen molar-refractivity contribution in [3.8, 4) is 0 Å². The highest BCUT2D eigenvalue weighted by molar-refractivity contribution is 7.13. The van der Waals surface area contributed by atoms with Gasteiger partial charge in [0, 0.05) is 18.1 Å². The molecule has 4 heteroatoms. The zero-order valence-electron chi connectivity index (χ0n) is 7.62. The lowest BCUT2D eigenvalue weighted by Gasteiger charge is -2.07. The smallest absolute Gasteiger partial charge is 0.182 e. The lowest BCUT2D eigenvalue weighted by atomic mass is 10.1. The summed E-state index contributed by atoms with van der Waals surface area (Å²) in [6, 6.07) is 0. The van der Waals surface area contributed by atoms with E-state index in [1.54, 1.807) is 11.3 Å². The number of aromatic nitrogens is 1. The molecule has 1 aromatic heterocycles. The Bertz CT molecular complexity index is 229. The van der Waals surface area contributed by atoms with Crippen LogP contribution in [0.5, 0.6) is 0 Å². The summed E-state index contributed by atoms with van der Waals surface area (Å²) in [7, 11) is 0. The average Bonchev–Trinajstić information content (AvgIpc) is 2.75. The quantitative estimate of drug-likeness (QED) is 0.769. The number of nitrogens with zero attached hydrogens (tertiary/aromatic N) is 1. The second-order valence-corrected chi connectivity index (χ2v) is 4.31. The van der Waals surface area contributed by atoms with Gasteiger partial charge in [0.05, 0.1) is 0 Å². The molecule has 0 aromatic carbocycles. The molecule has 1 saturated heterocycles. The van der Waals surface area contributed by atoms with Crippen molar-refractivity contribution in [1.29, 1.82) is 0 Å². The number of hydrogen-bond acceptors (Lipinski definition) is 4. The summed E-state index contributed by atoms with van der Waals surface area (Å²) in [5.41, 5.74) is 0. The average molecular weight is 197 g/mol. The Labute approximate surface area is 82.6 Å². The summed E-state index contributed by atoms with van der Waals surface area (Å²) in [5, 5.41) is 9.75. The topological polar surface area (TPSA) is 37.0 Å². The normalized spacial score (nSPS) is 22.0. The third-order valence-electron chi connectivity index (χ3n) is 2.42. The van der Waals surface area contributed by atoms with Crippen LogP contribution in [0.2, 0.25) is 0 Å². The van der Waals surface area contributed by atoms with Crippen LogP contribution in [0.15, 0.2) is 11.6 Å². The van der Waals surface area contributed by atoms with Crippen molar-refractivity contribution in [2.75, 3.05) is 25.0 Å². The van der Waals surface area contributed by atoms with Crippen molar-refractivity contribution in [2.45, 2.75) is 12.8 Å².